The second kappa shape index (κ2) is 16.8. The van der Waals surface area contributed by atoms with Crippen molar-refractivity contribution < 1.29 is 29.6 Å². The van der Waals surface area contributed by atoms with E-state index >= 15 is 0 Å². The van der Waals surface area contributed by atoms with Crippen molar-refractivity contribution in [1.29, 1.82) is 0 Å². The summed E-state index contributed by atoms with van der Waals surface area (Å²) in [6.07, 6.45) is 13.5. The SMILES string of the molecule is Cc1c(C)c2c(c(C)c1O)CCC(C)(CCCC(C)CCCC(C)CCCC(C)C)O2.O=C(O)CCC(=O)O. The van der Waals surface area contributed by atoms with Crippen LogP contribution in [0.15, 0.2) is 0 Å². The molecule has 0 radical (unpaired) electrons. The van der Waals surface area contributed by atoms with Crippen LogP contribution in [-0.2, 0) is 16.0 Å². The standard InChI is InChI=1S/C29H50O2.C4H6O4/c1-20(2)12-9-13-21(3)14-10-15-22(4)16-11-18-29(8)19-17-26-25(7)27(30)23(5)24(6)28(26)31-29;5-3(6)1-2-4(7)8/h20-22,30H,9-19H2,1-8H3;1-2H2,(H,5,6)(H,7,8). The summed E-state index contributed by atoms with van der Waals surface area (Å²) in [4.78, 5) is 19.3. The number of carbonyl (C=O) groups is 2. The minimum absolute atomic E-state index is 0.0712. The molecule has 0 saturated heterocycles. The third-order valence-electron chi connectivity index (χ3n) is 8.42. The van der Waals surface area contributed by atoms with E-state index in [0.29, 0.717) is 5.75 Å². The molecule has 6 nitrogen and oxygen atoms in total. The van der Waals surface area contributed by atoms with Gasteiger partial charge in [-0.1, -0.05) is 72.6 Å². The predicted molar refractivity (Wildman–Crippen MR) is 159 cm³/mol. The first-order valence-corrected chi connectivity index (χ1v) is 15.1. The highest BCUT2D eigenvalue weighted by Gasteiger charge is 2.34. The second-order valence-electron chi connectivity index (χ2n) is 12.7. The number of phenolic OH excluding ortho intramolecular Hbond substituents is 1. The summed E-state index contributed by atoms with van der Waals surface area (Å²) in [7, 11) is 0. The summed E-state index contributed by atoms with van der Waals surface area (Å²) in [5, 5.41) is 26.2. The third kappa shape index (κ3) is 12.7. The molecule has 1 aromatic carbocycles. The first-order valence-electron chi connectivity index (χ1n) is 15.1. The minimum Gasteiger partial charge on any atom is -0.507 e. The fraction of sp³-hybridized carbons (Fsp3) is 0.758. The van der Waals surface area contributed by atoms with Gasteiger partial charge in [-0.25, -0.2) is 0 Å². The van der Waals surface area contributed by atoms with Crippen molar-refractivity contribution in [3.8, 4) is 11.5 Å². The van der Waals surface area contributed by atoms with Gasteiger partial charge in [0.15, 0.2) is 0 Å². The summed E-state index contributed by atoms with van der Waals surface area (Å²) in [5.41, 5.74) is 4.23. The Balaban J connectivity index is 0.000000824. The molecule has 0 aromatic heterocycles. The predicted octanol–water partition coefficient (Wildman–Crippen LogP) is 8.78. The molecule has 0 amide bonds. The van der Waals surface area contributed by atoms with Crippen LogP contribution in [0.4, 0.5) is 0 Å². The van der Waals surface area contributed by atoms with E-state index in [-0.39, 0.29) is 18.4 Å². The van der Waals surface area contributed by atoms with E-state index in [1.807, 2.05) is 13.8 Å². The Morgan fingerprint density at radius 2 is 1.28 bits per heavy atom. The first kappa shape index (κ1) is 34.8. The van der Waals surface area contributed by atoms with Crippen LogP contribution in [0.3, 0.4) is 0 Å². The molecule has 0 aliphatic carbocycles. The number of benzene rings is 1. The van der Waals surface area contributed by atoms with Crippen LogP contribution in [0.5, 0.6) is 11.5 Å². The third-order valence-corrected chi connectivity index (χ3v) is 8.42. The van der Waals surface area contributed by atoms with Gasteiger partial charge in [0, 0.05) is 5.56 Å². The van der Waals surface area contributed by atoms with E-state index in [4.69, 9.17) is 14.9 Å². The summed E-state index contributed by atoms with van der Waals surface area (Å²) >= 11 is 0. The number of carboxylic acid groups (broad SMARTS) is 2. The zero-order valence-corrected chi connectivity index (χ0v) is 26.0. The van der Waals surface area contributed by atoms with E-state index in [1.165, 1.54) is 56.9 Å². The lowest BCUT2D eigenvalue weighted by atomic mass is 9.84. The van der Waals surface area contributed by atoms with Crippen LogP contribution in [0.1, 0.15) is 134 Å². The molecule has 3 unspecified atom stereocenters. The van der Waals surface area contributed by atoms with Crippen molar-refractivity contribution in [3.63, 3.8) is 0 Å². The lowest BCUT2D eigenvalue weighted by Crippen LogP contribution is -2.37. The van der Waals surface area contributed by atoms with Crippen LogP contribution in [0.2, 0.25) is 0 Å². The highest BCUT2D eigenvalue weighted by atomic mass is 16.5. The lowest BCUT2D eigenvalue weighted by Gasteiger charge is -2.38. The van der Waals surface area contributed by atoms with E-state index in [2.05, 4.69) is 41.5 Å². The smallest absolute Gasteiger partial charge is 0.303 e. The Hall–Kier alpha value is -2.24. The first-order chi connectivity index (χ1) is 18.2. The lowest BCUT2D eigenvalue weighted by molar-refractivity contribution is -0.143. The fourth-order valence-corrected chi connectivity index (χ4v) is 5.49. The average Bonchev–Trinajstić information content (AvgIpc) is 2.85. The summed E-state index contributed by atoms with van der Waals surface area (Å²) in [6, 6.07) is 0. The van der Waals surface area contributed by atoms with Crippen molar-refractivity contribution in [2.75, 3.05) is 0 Å². The minimum atomic E-state index is -1.08. The van der Waals surface area contributed by atoms with Crippen LogP contribution in [-0.4, -0.2) is 32.9 Å². The van der Waals surface area contributed by atoms with Gasteiger partial charge in [-0.05, 0) is 87.8 Å². The zero-order chi connectivity index (χ0) is 29.8. The molecule has 224 valence electrons. The maximum atomic E-state index is 10.4. The molecule has 1 aliphatic heterocycles. The van der Waals surface area contributed by atoms with Crippen LogP contribution < -0.4 is 4.74 Å². The maximum Gasteiger partial charge on any atom is 0.303 e. The van der Waals surface area contributed by atoms with Crippen molar-refractivity contribution in [3.05, 3.63) is 22.3 Å². The number of hydrogen-bond acceptors (Lipinski definition) is 4. The molecule has 1 aromatic rings. The van der Waals surface area contributed by atoms with Crippen molar-refractivity contribution in [1.82, 2.24) is 0 Å². The van der Waals surface area contributed by atoms with Crippen LogP contribution in [0, 0.1) is 38.5 Å². The van der Waals surface area contributed by atoms with Crippen molar-refractivity contribution in [2.24, 2.45) is 17.8 Å². The van der Waals surface area contributed by atoms with E-state index in [1.54, 1.807) is 0 Å². The van der Waals surface area contributed by atoms with E-state index < -0.39 is 11.9 Å². The van der Waals surface area contributed by atoms with Crippen LogP contribution >= 0.6 is 0 Å². The molecule has 1 heterocycles. The molecule has 39 heavy (non-hydrogen) atoms. The molecular weight excluding hydrogens is 492 g/mol. The Morgan fingerprint density at radius 3 is 1.77 bits per heavy atom. The molecule has 0 bridgehead atoms. The quantitative estimate of drug-likeness (QED) is 0.202. The van der Waals surface area contributed by atoms with Gasteiger partial charge >= 0.3 is 11.9 Å². The van der Waals surface area contributed by atoms with Gasteiger partial charge < -0.3 is 20.1 Å². The largest absolute Gasteiger partial charge is 0.507 e. The van der Waals surface area contributed by atoms with Crippen molar-refractivity contribution in [2.45, 2.75) is 144 Å². The Kier molecular flexibility index (Phi) is 15.0. The monoisotopic (exact) mass is 548 g/mol. The molecule has 0 saturated carbocycles. The molecule has 0 fully saturated rings. The van der Waals surface area contributed by atoms with Gasteiger partial charge in [-0.15, -0.1) is 0 Å². The van der Waals surface area contributed by atoms with E-state index in [0.717, 1.165) is 59.5 Å². The number of carboxylic acids is 2. The topological polar surface area (TPSA) is 104 Å². The summed E-state index contributed by atoms with van der Waals surface area (Å²) in [6.45, 7) is 17.9. The molecule has 3 atom stereocenters. The normalized spacial score (nSPS) is 18.0. The number of fused-ring (bicyclic) bond motifs is 1. The molecule has 3 N–H and O–H groups in total. The van der Waals surface area contributed by atoms with Crippen LogP contribution in [0.25, 0.3) is 0 Å². The zero-order valence-electron chi connectivity index (χ0n) is 26.0. The van der Waals surface area contributed by atoms with Gasteiger partial charge in [-0.3, -0.25) is 9.59 Å². The maximum absolute atomic E-state index is 10.4. The number of phenols is 1. The van der Waals surface area contributed by atoms with Gasteiger partial charge in [0.25, 0.3) is 0 Å². The number of aromatic hydroxyl groups is 1. The number of rotatable bonds is 15. The molecule has 6 heteroatoms. The Labute approximate surface area is 237 Å². The summed E-state index contributed by atoms with van der Waals surface area (Å²) in [5.74, 6) is 1.88. The molecule has 1 aliphatic rings. The fourth-order valence-electron chi connectivity index (χ4n) is 5.49. The second-order valence-corrected chi connectivity index (χ2v) is 12.7. The molecule has 2 rings (SSSR count). The summed E-state index contributed by atoms with van der Waals surface area (Å²) < 4.78 is 6.60. The number of hydrogen-bond donors (Lipinski definition) is 3. The number of aliphatic carboxylic acids is 2. The van der Waals surface area contributed by atoms with Gasteiger partial charge in [0.2, 0.25) is 0 Å². The van der Waals surface area contributed by atoms with E-state index in [9.17, 15) is 14.7 Å². The van der Waals surface area contributed by atoms with Gasteiger partial charge in [-0.2, -0.15) is 0 Å². The number of ether oxygens (including phenoxy) is 1. The van der Waals surface area contributed by atoms with Crippen molar-refractivity contribution >= 4 is 11.9 Å². The Bertz CT molecular complexity index is 908. The molecule has 0 spiro atoms. The molecular formula is C33H56O6. The Morgan fingerprint density at radius 1 is 0.795 bits per heavy atom. The highest BCUT2D eigenvalue weighted by Crippen LogP contribution is 2.44. The van der Waals surface area contributed by atoms with Gasteiger partial charge in [0.1, 0.15) is 17.1 Å². The highest BCUT2D eigenvalue weighted by molar-refractivity contribution is 5.75. The average molecular weight is 549 g/mol. The van der Waals surface area contributed by atoms with Gasteiger partial charge in [0.05, 0.1) is 12.8 Å².